The number of halogens is 3. The summed E-state index contributed by atoms with van der Waals surface area (Å²) in [5.41, 5.74) is -0.322. The maximum atomic E-state index is 12.9. The largest absolute Gasteiger partial charge is 0.408 e. The summed E-state index contributed by atoms with van der Waals surface area (Å²) >= 11 is 0. The summed E-state index contributed by atoms with van der Waals surface area (Å²) in [6, 6.07) is -0.102. The van der Waals surface area contributed by atoms with Gasteiger partial charge in [0.2, 0.25) is 5.95 Å². The van der Waals surface area contributed by atoms with Crippen LogP contribution in [-0.4, -0.2) is 47.1 Å². The van der Waals surface area contributed by atoms with Gasteiger partial charge in [0.05, 0.1) is 18.8 Å². The molecule has 3 aliphatic rings. The number of aromatic nitrogens is 2. The fourth-order valence-electron chi connectivity index (χ4n) is 3.38. The third-order valence-electron chi connectivity index (χ3n) is 4.53. The molecule has 6 nitrogen and oxygen atoms in total. The van der Waals surface area contributed by atoms with Gasteiger partial charge in [0.25, 0.3) is 5.56 Å². The van der Waals surface area contributed by atoms with Gasteiger partial charge in [-0.3, -0.25) is 9.36 Å². The van der Waals surface area contributed by atoms with Gasteiger partial charge in [0.15, 0.2) is 0 Å². The molecule has 3 aliphatic heterocycles. The normalized spacial score (nSPS) is 30.3. The smallest absolute Gasteiger partial charge is 0.374 e. The average molecular weight is 316 g/mol. The molecule has 120 valence electrons. The number of morpholine rings is 1. The molecule has 0 saturated carbocycles. The van der Waals surface area contributed by atoms with Crippen LogP contribution >= 0.6 is 0 Å². The Balaban J connectivity index is 1.67. The number of hydrogen-bond acceptors (Lipinski definition) is 5. The molecule has 2 unspecified atom stereocenters. The van der Waals surface area contributed by atoms with Crippen molar-refractivity contribution in [3.8, 4) is 0 Å². The Hall–Kier alpha value is -1.77. The molecular formula is C13H15F3N4O2. The standard InChI is InChI=1S/C13H15F3N4O2/c14-13(15,16)9-1-2-19-11(21)4-10(18-12(19)17-9)20-5-8-3-7(20)6-22-8/h4,7-9H,1-3,5-6H2,(H,17,18)/t7?,8?,9-/m0/s1. The highest BCUT2D eigenvalue weighted by Gasteiger charge is 2.43. The Morgan fingerprint density at radius 3 is 2.86 bits per heavy atom. The molecule has 4 rings (SSSR count). The molecule has 4 heterocycles. The topological polar surface area (TPSA) is 59.4 Å². The van der Waals surface area contributed by atoms with Crippen molar-refractivity contribution in [2.24, 2.45) is 0 Å². The van der Waals surface area contributed by atoms with Crippen LogP contribution in [-0.2, 0) is 11.3 Å². The van der Waals surface area contributed by atoms with E-state index in [2.05, 4.69) is 10.3 Å². The van der Waals surface area contributed by atoms with Crippen LogP contribution in [0.3, 0.4) is 0 Å². The zero-order valence-electron chi connectivity index (χ0n) is 11.6. The van der Waals surface area contributed by atoms with Crippen LogP contribution in [0, 0.1) is 0 Å². The van der Waals surface area contributed by atoms with Crippen molar-refractivity contribution in [2.75, 3.05) is 23.4 Å². The van der Waals surface area contributed by atoms with E-state index in [9.17, 15) is 18.0 Å². The number of alkyl halides is 3. The van der Waals surface area contributed by atoms with Crippen LogP contribution < -0.4 is 15.8 Å². The molecule has 22 heavy (non-hydrogen) atoms. The number of fused-ring (bicyclic) bond motifs is 3. The highest BCUT2D eigenvalue weighted by Crippen LogP contribution is 2.33. The Morgan fingerprint density at radius 2 is 2.23 bits per heavy atom. The van der Waals surface area contributed by atoms with E-state index in [1.165, 1.54) is 10.6 Å². The number of nitrogens with zero attached hydrogens (tertiary/aromatic N) is 3. The molecule has 0 amide bonds. The summed E-state index contributed by atoms with van der Waals surface area (Å²) in [4.78, 5) is 18.4. The van der Waals surface area contributed by atoms with Crippen LogP contribution in [0.25, 0.3) is 0 Å². The minimum absolute atomic E-state index is 0.000216. The van der Waals surface area contributed by atoms with E-state index in [0.717, 1.165) is 6.42 Å². The Kier molecular flexibility index (Phi) is 2.91. The van der Waals surface area contributed by atoms with E-state index in [4.69, 9.17) is 4.74 Å². The zero-order chi connectivity index (χ0) is 15.5. The van der Waals surface area contributed by atoms with Gasteiger partial charge in [0.1, 0.15) is 11.9 Å². The SMILES string of the molecule is O=c1cc(N2CC3CC2CO3)nc2n1CC[C@@H](C(F)(F)F)N2. The van der Waals surface area contributed by atoms with Crippen molar-refractivity contribution in [2.45, 2.75) is 43.8 Å². The van der Waals surface area contributed by atoms with Gasteiger partial charge in [-0.2, -0.15) is 18.2 Å². The van der Waals surface area contributed by atoms with E-state index in [1.807, 2.05) is 4.90 Å². The van der Waals surface area contributed by atoms with Crippen LogP contribution in [0.2, 0.25) is 0 Å². The lowest BCUT2D eigenvalue weighted by Crippen LogP contribution is -2.45. The number of rotatable bonds is 1. The predicted octanol–water partition coefficient (Wildman–Crippen LogP) is 0.967. The fraction of sp³-hybridized carbons (Fsp3) is 0.692. The van der Waals surface area contributed by atoms with Crippen LogP contribution in [0.1, 0.15) is 12.8 Å². The van der Waals surface area contributed by atoms with Gasteiger partial charge >= 0.3 is 6.18 Å². The minimum Gasteiger partial charge on any atom is -0.374 e. The van der Waals surface area contributed by atoms with Gasteiger partial charge in [-0.1, -0.05) is 0 Å². The molecule has 9 heteroatoms. The van der Waals surface area contributed by atoms with Crippen molar-refractivity contribution in [3.63, 3.8) is 0 Å². The Bertz CT molecular complexity index is 660. The first kappa shape index (κ1) is 13.9. The summed E-state index contributed by atoms with van der Waals surface area (Å²) in [6.45, 7) is 1.22. The van der Waals surface area contributed by atoms with Crippen molar-refractivity contribution < 1.29 is 17.9 Å². The molecule has 0 radical (unpaired) electrons. The molecule has 2 bridgehead atoms. The zero-order valence-corrected chi connectivity index (χ0v) is 11.6. The molecule has 0 spiro atoms. The highest BCUT2D eigenvalue weighted by atomic mass is 19.4. The first-order valence-corrected chi connectivity index (χ1v) is 7.25. The molecule has 1 aromatic rings. The van der Waals surface area contributed by atoms with Gasteiger partial charge in [0, 0.05) is 19.2 Å². The maximum Gasteiger partial charge on any atom is 0.408 e. The average Bonchev–Trinajstić information content (AvgIpc) is 3.08. The predicted molar refractivity (Wildman–Crippen MR) is 72.1 cm³/mol. The van der Waals surface area contributed by atoms with Crippen molar-refractivity contribution >= 4 is 11.8 Å². The molecular weight excluding hydrogens is 301 g/mol. The molecule has 0 aliphatic carbocycles. The second-order valence-corrected chi connectivity index (χ2v) is 5.95. The third kappa shape index (κ3) is 2.15. The summed E-state index contributed by atoms with van der Waals surface area (Å²) < 4.78 is 45.3. The lowest BCUT2D eigenvalue weighted by molar-refractivity contribution is -0.145. The Labute approximate surface area is 123 Å². The van der Waals surface area contributed by atoms with Crippen molar-refractivity contribution in [1.82, 2.24) is 9.55 Å². The van der Waals surface area contributed by atoms with Crippen LogP contribution in [0.5, 0.6) is 0 Å². The molecule has 1 N–H and O–H groups in total. The fourth-order valence-corrected chi connectivity index (χ4v) is 3.38. The van der Waals surface area contributed by atoms with Gasteiger partial charge in [-0.05, 0) is 12.8 Å². The monoisotopic (exact) mass is 316 g/mol. The molecule has 0 aromatic carbocycles. The van der Waals surface area contributed by atoms with E-state index < -0.39 is 12.2 Å². The molecule has 2 saturated heterocycles. The van der Waals surface area contributed by atoms with Gasteiger partial charge in [-0.25, -0.2) is 0 Å². The quantitative estimate of drug-likeness (QED) is 0.836. The maximum absolute atomic E-state index is 12.9. The van der Waals surface area contributed by atoms with Crippen LogP contribution in [0.4, 0.5) is 24.9 Å². The summed E-state index contributed by atoms with van der Waals surface area (Å²) in [6.07, 6.45) is -3.51. The minimum atomic E-state index is -4.35. The number of ether oxygens (including phenoxy) is 1. The van der Waals surface area contributed by atoms with E-state index in [0.29, 0.717) is 19.0 Å². The van der Waals surface area contributed by atoms with Crippen molar-refractivity contribution in [1.29, 1.82) is 0 Å². The van der Waals surface area contributed by atoms with Gasteiger partial charge in [-0.15, -0.1) is 0 Å². The highest BCUT2D eigenvalue weighted by molar-refractivity contribution is 5.47. The summed E-state index contributed by atoms with van der Waals surface area (Å²) in [5, 5.41) is 2.35. The molecule has 1 aromatic heterocycles. The third-order valence-corrected chi connectivity index (χ3v) is 4.53. The summed E-state index contributed by atoms with van der Waals surface area (Å²) in [5.74, 6) is 0.433. The molecule has 3 atom stereocenters. The lowest BCUT2D eigenvalue weighted by Gasteiger charge is -2.31. The van der Waals surface area contributed by atoms with E-state index in [-0.39, 0.29) is 36.6 Å². The first-order chi connectivity index (χ1) is 10.4. The number of hydrogen-bond donors (Lipinski definition) is 1. The first-order valence-electron chi connectivity index (χ1n) is 7.25. The van der Waals surface area contributed by atoms with E-state index >= 15 is 0 Å². The number of nitrogens with one attached hydrogen (secondary N) is 1. The van der Waals surface area contributed by atoms with Crippen LogP contribution in [0.15, 0.2) is 10.9 Å². The van der Waals surface area contributed by atoms with E-state index in [1.54, 1.807) is 0 Å². The van der Waals surface area contributed by atoms with Crippen molar-refractivity contribution in [3.05, 3.63) is 16.4 Å². The number of anilines is 2. The second kappa shape index (κ2) is 4.61. The molecule has 2 fully saturated rings. The lowest BCUT2D eigenvalue weighted by atomic mass is 10.1. The second-order valence-electron chi connectivity index (χ2n) is 5.95. The summed E-state index contributed by atoms with van der Waals surface area (Å²) in [7, 11) is 0. The Morgan fingerprint density at radius 1 is 1.41 bits per heavy atom. The van der Waals surface area contributed by atoms with Gasteiger partial charge < -0.3 is 15.0 Å².